The third-order valence-corrected chi connectivity index (χ3v) is 5.46. The lowest BCUT2D eigenvalue weighted by molar-refractivity contribution is 0.0674. The smallest absolute Gasteiger partial charge is 0.223 e. The van der Waals surface area contributed by atoms with Gasteiger partial charge in [0.05, 0.1) is 26.4 Å². The van der Waals surface area contributed by atoms with Gasteiger partial charge in [0.15, 0.2) is 0 Å². The molecule has 0 aromatic heterocycles. The van der Waals surface area contributed by atoms with Crippen LogP contribution in [0.1, 0.15) is 6.42 Å². The molecule has 0 spiro atoms. The maximum Gasteiger partial charge on any atom is 0.223 e. The lowest BCUT2D eigenvalue weighted by Crippen LogP contribution is -2.44. The third-order valence-electron chi connectivity index (χ3n) is 5.46. The van der Waals surface area contributed by atoms with Crippen molar-refractivity contribution in [1.29, 1.82) is 0 Å². The summed E-state index contributed by atoms with van der Waals surface area (Å²) in [6, 6.07) is 10.5. The summed E-state index contributed by atoms with van der Waals surface area (Å²) >= 11 is 0. The van der Waals surface area contributed by atoms with Gasteiger partial charge >= 0.3 is 0 Å². The van der Waals surface area contributed by atoms with Gasteiger partial charge in [-0.25, -0.2) is 4.99 Å². The van der Waals surface area contributed by atoms with Gasteiger partial charge in [-0.05, 0) is 24.1 Å². The molecule has 0 amide bonds. The second-order valence-corrected chi connectivity index (χ2v) is 7.08. The van der Waals surface area contributed by atoms with E-state index in [1.54, 1.807) is 0 Å². The number of guanidine groups is 1. The second-order valence-electron chi connectivity index (χ2n) is 7.08. The molecule has 1 saturated heterocycles. The quantitative estimate of drug-likeness (QED) is 0.756. The summed E-state index contributed by atoms with van der Waals surface area (Å²) in [5.74, 6) is 1.88. The van der Waals surface area contributed by atoms with Crippen LogP contribution in [0.5, 0.6) is 0 Å². The van der Waals surface area contributed by atoms with E-state index in [0.717, 1.165) is 57.7 Å². The Labute approximate surface area is 159 Å². The highest BCUT2D eigenvalue weighted by atomic mass is 16.5. The van der Waals surface area contributed by atoms with Crippen molar-refractivity contribution in [2.24, 2.45) is 9.98 Å². The van der Waals surface area contributed by atoms with Crippen molar-refractivity contribution in [2.45, 2.75) is 12.5 Å². The summed E-state index contributed by atoms with van der Waals surface area (Å²) in [7, 11) is 0. The molecule has 0 radical (unpaired) electrons. The van der Waals surface area contributed by atoms with Crippen LogP contribution in [0.2, 0.25) is 0 Å². The van der Waals surface area contributed by atoms with Crippen molar-refractivity contribution >= 4 is 17.5 Å². The molecule has 27 heavy (non-hydrogen) atoms. The van der Waals surface area contributed by atoms with Gasteiger partial charge in [-0.3, -0.25) is 0 Å². The predicted octanol–water partition coefficient (Wildman–Crippen LogP) is 2.25. The maximum atomic E-state index is 5.52. The Balaban J connectivity index is 1.53. The number of ether oxygens (including phenoxy) is 2. The molecular weight excluding hydrogens is 340 g/mol. The van der Waals surface area contributed by atoms with Gasteiger partial charge < -0.3 is 19.3 Å². The highest BCUT2D eigenvalue weighted by Crippen LogP contribution is 2.32. The first-order chi connectivity index (χ1) is 13.4. The number of rotatable bonds is 2. The first-order valence-corrected chi connectivity index (χ1v) is 9.69. The van der Waals surface area contributed by atoms with Crippen LogP contribution in [0.25, 0.3) is 0 Å². The Bertz CT molecular complexity index is 822. The minimum Gasteiger partial charge on any atom is -0.378 e. The van der Waals surface area contributed by atoms with E-state index in [0.29, 0.717) is 6.61 Å². The number of para-hydroxylation sites is 1. The van der Waals surface area contributed by atoms with Crippen LogP contribution in [0, 0.1) is 0 Å². The molecule has 4 aliphatic rings. The lowest BCUT2D eigenvalue weighted by Gasteiger charge is -2.34. The highest BCUT2D eigenvalue weighted by Gasteiger charge is 2.35. The van der Waals surface area contributed by atoms with Crippen molar-refractivity contribution in [3.05, 3.63) is 53.6 Å². The standard InChI is InChI=1S/C21H24N4O2/c1-2-4-17(5-3-1)25-9-6-18-19(16-7-12-26-13-8-16)22-21(23-20(18)25)24-10-14-27-15-11-24/h1-7,19H,8-15H2. The molecule has 1 aromatic rings. The number of morpholine rings is 1. The molecule has 1 fully saturated rings. The molecule has 140 valence electrons. The van der Waals surface area contributed by atoms with Gasteiger partial charge in [0, 0.05) is 30.9 Å². The Morgan fingerprint density at radius 3 is 2.59 bits per heavy atom. The lowest BCUT2D eigenvalue weighted by atomic mass is 9.94. The van der Waals surface area contributed by atoms with Gasteiger partial charge in [0.1, 0.15) is 11.9 Å². The van der Waals surface area contributed by atoms with E-state index in [1.165, 1.54) is 16.8 Å². The van der Waals surface area contributed by atoms with E-state index in [1.807, 2.05) is 6.07 Å². The van der Waals surface area contributed by atoms with Gasteiger partial charge in [-0.2, -0.15) is 4.99 Å². The number of aliphatic imine (C=N–C) groups is 2. The normalized spacial score (nSPS) is 25.4. The number of benzene rings is 1. The first kappa shape index (κ1) is 16.7. The molecule has 0 saturated carbocycles. The monoisotopic (exact) mass is 364 g/mol. The zero-order valence-electron chi connectivity index (χ0n) is 15.4. The summed E-state index contributed by atoms with van der Waals surface area (Å²) in [6.07, 6.45) is 5.41. The molecule has 5 rings (SSSR count). The third kappa shape index (κ3) is 3.19. The predicted molar refractivity (Wildman–Crippen MR) is 106 cm³/mol. The molecule has 1 aromatic carbocycles. The Morgan fingerprint density at radius 2 is 1.81 bits per heavy atom. The topological polar surface area (TPSA) is 49.7 Å². The van der Waals surface area contributed by atoms with Crippen LogP contribution in [-0.2, 0) is 9.47 Å². The Kier molecular flexibility index (Phi) is 4.51. The van der Waals surface area contributed by atoms with Crippen LogP contribution in [0.15, 0.2) is 63.6 Å². The van der Waals surface area contributed by atoms with Crippen LogP contribution in [0.3, 0.4) is 0 Å². The average Bonchev–Trinajstić information content (AvgIpc) is 3.19. The molecule has 1 unspecified atom stereocenters. The number of hydrogen-bond donors (Lipinski definition) is 0. The fourth-order valence-electron chi connectivity index (χ4n) is 4.01. The van der Waals surface area contributed by atoms with E-state index >= 15 is 0 Å². The maximum absolute atomic E-state index is 5.52. The van der Waals surface area contributed by atoms with Crippen molar-refractivity contribution in [2.75, 3.05) is 51.0 Å². The Hall–Kier alpha value is -2.44. The van der Waals surface area contributed by atoms with E-state index in [-0.39, 0.29) is 6.04 Å². The number of hydrogen-bond acceptors (Lipinski definition) is 6. The van der Waals surface area contributed by atoms with Crippen molar-refractivity contribution < 1.29 is 9.47 Å². The number of nitrogens with zero attached hydrogens (tertiary/aromatic N) is 4. The zero-order chi connectivity index (χ0) is 18.1. The van der Waals surface area contributed by atoms with Gasteiger partial charge in [-0.15, -0.1) is 0 Å². The molecule has 6 heteroatoms. The van der Waals surface area contributed by atoms with E-state index in [9.17, 15) is 0 Å². The molecule has 0 bridgehead atoms. The summed E-state index contributed by atoms with van der Waals surface area (Å²) in [6.45, 7) is 5.43. The van der Waals surface area contributed by atoms with Crippen LogP contribution in [-0.4, -0.2) is 68.8 Å². The van der Waals surface area contributed by atoms with Crippen molar-refractivity contribution in [1.82, 2.24) is 4.90 Å². The summed E-state index contributed by atoms with van der Waals surface area (Å²) in [4.78, 5) is 14.6. The minimum atomic E-state index is 0.0490. The summed E-state index contributed by atoms with van der Waals surface area (Å²) < 4.78 is 11.0. The molecule has 4 heterocycles. The molecule has 0 aliphatic carbocycles. The van der Waals surface area contributed by atoms with Crippen LogP contribution >= 0.6 is 0 Å². The molecule has 4 aliphatic heterocycles. The summed E-state index contributed by atoms with van der Waals surface area (Å²) in [5.41, 5.74) is 3.75. The number of amidine groups is 1. The van der Waals surface area contributed by atoms with E-state index in [4.69, 9.17) is 19.5 Å². The van der Waals surface area contributed by atoms with Crippen molar-refractivity contribution in [3.8, 4) is 0 Å². The van der Waals surface area contributed by atoms with Gasteiger partial charge in [-0.1, -0.05) is 30.4 Å². The number of anilines is 1. The van der Waals surface area contributed by atoms with Crippen LogP contribution in [0.4, 0.5) is 5.69 Å². The zero-order valence-corrected chi connectivity index (χ0v) is 15.4. The van der Waals surface area contributed by atoms with E-state index < -0.39 is 0 Å². The van der Waals surface area contributed by atoms with Crippen molar-refractivity contribution in [3.63, 3.8) is 0 Å². The second kappa shape index (κ2) is 7.29. The van der Waals surface area contributed by atoms with Gasteiger partial charge in [0.25, 0.3) is 0 Å². The fourth-order valence-corrected chi connectivity index (χ4v) is 4.01. The first-order valence-electron chi connectivity index (χ1n) is 9.69. The Morgan fingerprint density at radius 1 is 0.963 bits per heavy atom. The number of fused-ring (bicyclic) bond motifs is 1. The minimum absolute atomic E-state index is 0.0490. The van der Waals surface area contributed by atoms with Gasteiger partial charge in [0.2, 0.25) is 5.96 Å². The van der Waals surface area contributed by atoms with E-state index in [2.05, 4.69) is 46.2 Å². The molecule has 1 atom stereocenters. The summed E-state index contributed by atoms with van der Waals surface area (Å²) in [5, 5.41) is 0. The molecule has 6 nitrogen and oxygen atoms in total. The largest absolute Gasteiger partial charge is 0.378 e. The SMILES string of the molecule is C1=C(C2N=C(N3CCOCC3)N=C3C2=CCN3c2ccccc2)CCOC1. The van der Waals surface area contributed by atoms with Crippen LogP contribution < -0.4 is 4.90 Å². The molecule has 0 N–H and O–H groups in total. The highest BCUT2D eigenvalue weighted by molar-refractivity contribution is 6.18. The average molecular weight is 364 g/mol. The fraction of sp³-hybridized carbons (Fsp3) is 0.429. The molecular formula is C21H24N4O2.